The minimum Gasteiger partial charge on any atom is -0.493 e. The number of anilines is 2. The first-order valence-electron chi connectivity index (χ1n) is 12.3. The number of nitrogens with one attached hydrogen (secondary N) is 2. The van der Waals surface area contributed by atoms with Crippen LogP contribution in [0.3, 0.4) is 0 Å². The molecular formula is C29H27ClN2O6. The molecule has 2 N–H and O–H groups in total. The van der Waals surface area contributed by atoms with Crippen LogP contribution in [0.4, 0.5) is 11.4 Å². The van der Waals surface area contributed by atoms with Gasteiger partial charge in [0.05, 0.1) is 43.8 Å². The second-order valence-electron chi connectivity index (χ2n) is 9.35. The van der Waals surface area contributed by atoms with Crippen LogP contribution >= 0.6 is 11.6 Å². The average molecular weight is 535 g/mol. The lowest BCUT2D eigenvalue weighted by molar-refractivity contribution is -0.116. The number of ketones is 1. The van der Waals surface area contributed by atoms with E-state index in [1.165, 1.54) is 0 Å². The maximum absolute atomic E-state index is 14.0. The number of rotatable bonds is 5. The van der Waals surface area contributed by atoms with Crippen LogP contribution in [0.5, 0.6) is 28.7 Å². The van der Waals surface area contributed by atoms with Gasteiger partial charge in [-0.15, -0.1) is 0 Å². The quantitative estimate of drug-likeness (QED) is 0.407. The SMILES string of the molecule is COc1cc([C@@H]2CC(=O)C3=C(C2)Nc2ccccc2N[C@@H]3c2cc3c(cc2Cl)OCO3)cc(OC)c1OC. The smallest absolute Gasteiger partial charge is 0.231 e. The van der Waals surface area contributed by atoms with E-state index in [0.717, 1.165) is 28.2 Å². The van der Waals surface area contributed by atoms with E-state index in [0.29, 0.717) is 52.2 Å². The number of ether oxygens (including phenoxy) is 5. The summed E-state index contributed by atoms with van der Waals surface area (Å²) in [4.78, 5) is 14.0. The van der Waals surface area contributed by atoms with Gasteiger partial charge in [0.2, 0.25) is 12.5 Å². The molecule has 6 rings (SSSR count). The largest absolute Gasteiger partial charge is 0.493 e. The number of carbonyl (C=O) groups excluding carboxylic acids is 1. The molecule has 38 heavy (non-hydrogen) atoms. The third kappa shape index (κ3) is 4.05. The van der Waals surface area contributed by atoms with Gasteiger partial charge in [0, 0.05) is 29.3 Å². The number of Topliss-reactive ketones (excluding diaryl/α,β-unsaturated/α-hetero) is 1. The lowest BCUT2D eigenvalue weighted by atomic mass is 9.78. The van der Waals surface area contributed by atoms with Crippen LogP contribution in [0.2, 0.25) is 5.02 Å². The molecule has 3 aromatic carbocycles. The fourth-order valence-corrected chi connectivity index (χ4v) is 5.72. The molecule has 0 amide bonds. The second kappa shape index (κ2) is 9.68. The summed E-state index contributed by atoms with van der Waals surface area (Å²) < 4.78 is 27.8. The number of allylic oxidation sites excluding steroid dienone is 1. The highest BCUT2D eigenvalue weighted by Crippen LogP contribution is 2.49. The molecule has 0 saturated carbocycles. The van der Waals surface area contributed by atoms with Crippen molar-refractivity contribution in [3.8, 4) is 28.7 Å². The zero-order chi connectivity index (χ0) is 26.4. The summed E-state index contributed by atoms with van der Waals surface area (Å²) in [7, 11) is 4.74. The molecule has 3 aromatic rings. The molecule has 2 aliphatic heterocycles. The van der Waals surface area contributed by atoms with E-state index in [1.54, 1.807) is 27.4 Å². The van der Waals surface area contributed by atoms with E-state index >= 15 is 0 Å². The molecule has 0 aromatic heterocycles. The highest BCUT2D eigenvalue weighted by Gasteiger charge is 2.38. The summed E-state index contributed by atoms with van der Waals surface area (Å²) in [5, 5.41) is 7.62. The molecule has 0 unspecified atom stereocenters. The van der Waals surface area contributed by atoms with Crippen molar-refractivity contribution in [1.29, 1.82) is 0 Å². The van der Waals surface area contributed by atoms with E-state index in [2.05, 4.69) is 10.6 Å². The first kappa shape index (κ1) is 24.3. The van der Waals surface area contributed by atoms with Crippen molar-refractivity contribution in [3.63, 3.8) is 0 Å². The molecule has 2 atom stereocenters. The minimum atomic E-state index is -0.475. The van der Waals surface area contributed by atoms with Crippen molar-refractivity contribution in [3.05, 3.63) is 76.0 Å². The lowest BCUT2D eigenvalue weighted by Gasteiger charge is -2.30. The van der Waals surface area contributed by atoms with Crippen LogP contribution in [0.25, 0.3) is 0 Å². The Bertz CT molecular complexity index is 1440. The fraction of sp³-hybridized carbons (Fsp3) is 0.276. The lowest BCUT2D eigenvalue weighted by Crippen LogP contribution is -2.27. The van der Waals surface area contributed by atoms with Crippen LogP contribution in [0.1, 0.15) is 35.9 Å². The van der Waals surface area contributed by atoms with E-state index < -0.39 is 6.04 Å². The van der Waals surface area contributed by atoms with E-state index in [1.807, 2.05) is 42.5 Å². The third-order valence-electron chi connectivity index (χ3n) is 7.27. The van der Waals surface area contributed by atoms with Crippen molar-refractivity contribution in [2.75, 3.05) is 38.8 Å². The third-order valence-corrected chi connectivity index (χ3v) is 7.60. The Kier molecular flexibility index (Phi) is 6.19. The number of hydrogen-bond acceptors (Lipinski definition) is 8. The number of halogens is 1. The predicted molar refractivity (Wildman–Crippen MR) is 144 cm³/mol. The summed E-state index contributed by atoms with van der Waals surface area (Å²) in [6, 6.07) is 14.9. The molecule has 3 aliphatic rings. The molecule has 1 aliphatic carbocycles. The number of fused-ring (bicyclic) bond motifs is 2. The van der Waals surface area contributed by atoms with Gasteiger partial charge in [0.1, 0.15) is 0 Å². The van der Waals surface area contributed by atoms with Crippen LogP contribution in [-0.2, 0) is 4.79 Å². The molecule has 0 spiro atoms. The van der Waals surface area contributed by atoms with Gasteiger partial charge in [0.15, 0.2) is 28.8 Å². The Morgan fingerprint density at radius 3 is 2.26 bits per heavy atom. The number of carbonyl (C=O) groups is 1. The highest BCUT2D eigenvalue weighted by molar-refractivity contribution is 6.31. The molecule has 196 valence electrons. The van der Waals surface area contributed by atoms with E-state index in [-0.39, 0.29) is 18.5 Å². The van der Waals surface area contributed by atoms with Crippen molar-refractivity contribution in [1.82, 2.24) is 0 Å². The Labute approximate surface area is 225 Å². The second-order valence-corrected chi connectivity index (χ2v) is 9.76. The van der Waals surface area contributed by atoms with Crippen LogP contribution in [0, 0.1) is 0 Å². The van der Waals surface area contributed by atoms with Crippen molar-refractivity contribution >= 4 is 28.8 Å². The summed E-state index contributed by atoms with van der Waals surface area (Å²) in [6.07, 6.45) is 0.921. The van der Waals surface area contributed by atoms with Crippen LogP contribution < -0.4 is 34.3 Å². The van der Waals surface area contributed by atoms with Gasteiger partial charge in [-0.25, -0.2) is 0 Å². The van der Waals surface area contributed by atoms with Crippen LogP contribution in [0.15, 0.2) is 59.8 Å². The van der Waals surface area contributed by atoms with E-state index in [9.17, 15) is 4.79 Å². The molecule has 0 saturated heterocycles. The normalized spacial score (nSPS) is 19.5. The van der Waals surface area contributed by atoms with Crippen molar-refractivity contribution in [2.24, 2.45) is 0 Å². The first-order valence-corrected chi connectivity index (χ1v) is 12.7. The van der Waals surface area contributed by atoms with Gasteiger partial charge in [-0.2, -0.15) is 0 Å². The molecule has 9 heteroatoms. The van der Waals surface area contributed by atoms with Crippen molar-refractivity contribution in [2.45, 2.75) is 24.8 Å². The Morgan fingerprint density at radius 1 is 0.895 bits per heavy atom. The van der Waals surface area contributed by atoms with Gasteiger partial charge in [-0.3, -0.25) is 4.79 Å². The van der Waals surface area contributed by atoms with Gasteiger partial charge in [-0.1, -0.05) is 23.7 Å². The van der Waals surface area contributed by atoms with Gasteiger partial charge in [-0.05, 0) is 48.2 Å². The first-order chi connectivity index (χ1) is 18.5. The maximum atomic E-state index is 14.0. The molecule has 0 bridgehead atoms. The molecular weight excluding hydrogens is 508 g/mol. The van der Waals surface area contributed by atoms with Gasteiger partial charge >= 0.3 is 0 Å². The molecule has 0 fully saturated rings. The monoisotopic (exact) mass is 534 g/mol. The maximum Gasteiger partial charge on any atom is 0.231 e. The van der Waals surface area contributed by atoms with Crippen molar-refractivity contribution < 1.29 is 28.5 Å². The number of hydrogen-bond donors (Lipinski definition) is 2. The summed E-state index contributed by atoms with van der Waals surface area (Å²) in [6.45, 7) is 0.140. The molecule has 0 radical (unpaired) electrons. The Hall–Kier alpha value is -4.04. The topological polar surface area (TPSA) is 87.3 Å². The summed E-state index contributed by atoms with van der Waals surface area (Å²) in [5.74, 6) is 2.76. The summed E-state index contributed by atoms with van der Waals surface area (Å²) >= 11 is 6.75. The Morgan fingerprint density at radius 2 is 1.58 bits per heavy atom. The molecule has 8 nitrogen and oxygen atoms in total. The standard InChI is InChI=1S/C29H27ClN2O6/c1-34-25-10-16(11-26(35-2)29(25)36-3)15-8-21-27(22(33)9-15)28(32-20-7-5-4-6-19(20)31-21)17-12-23-24(13-18(17)30)38-14-37-23/h4-7,10-13,15,28,31-32H,8-9,14H2,1-3H3/t15-,28+/m0/s1. The van der Waals surface area contributed by atoms with Gasteiger partial charge in [0.25, 0.3) is 0 Å². The summed E-state index contributed by atoms with van der Waals surface area (Å²) in [5.41, 5.74) is 4.95. The minimum absolute atomic E-state index is 0.0246. The number of para-hydroxylation sites is 2. The number of methoxy groups -OCH3 is 3. The van der Waals surface area contributed by atoms with Gasteiger partial charge < -0.3 is 34.3 Å². The zero-order valence-corrected chi connectivity index (χ0v) is 22.0. The predicted octanol–water partition coefficient (Wildman–Crippen LogP) is 6.07. The Balaban J connectivity index is 1.46. The fourth-order valence-electron chi connectivity index (χ4n) is 5.45. The number of benzene rings is 3. The van der Waals surface area contributed by atoms with E-state index in [4.69, 9.17) is 35.3 Å². The molecule has 2 heterocycles. The average Bonchev–Trinajstić information content (AvgIpc) is 3.31. The van der Waals surface area contributed by atoms with Crippen LogP contribution in [-0.4, -0.2) is 33.9 Å². The highest BCUT2D eigenvalue weighted by atomic mass is 35.5. The zero-order valence-electron chi connectivity index (χ0n) is 21.2.